The number of rotatable bonds is 3. The summed E-state index contributed by atoms with van der Waals surface area (Å²) in [4.78, 5) is 14.5. The Bertz CT molecular complexity index is 1000. The highest BCUT2D eigenvalue weighted by Gasteiger charge is 2.31. The van der Waals surface area contributed by atoms with E-state index in [9.17, 15) is 26.4 Å². The molecule has 1 aromatic heterocycles. The topological polar surface area (TPSA) is 71.4 Å². The van der Waals surface area contributed by atoms with Crippen LogP contribution >= 0.6 is 0 Å². The predicted molar refractivity (Wildman–Crippen MR) is 93.1 cm³/mol. The highest BCUT2D eigenvalue weighted by atomic mass is 32.2. The van der Waals surface area contributed by atoms with Gasteiger partial charge in [-0.2, -0.15) is 0 Å². The van der Waals surface area contributed by atoms with Crippen LogP contribution in [0, 0.1) is 5.82 Å². The maximum atomic E-state index is 13.4. The van der Waals surface area contributed by atoms with Gasteiger partial charge in [-0.3, -0.25) is 9.69 Å². The number of anilines is 1. The fourth-order valence-corrected chi connectivity index (χ4v) is 4.90. The molecule has 0 spiro atoms. The van der Waals surface area contributed by atoms with Gasteiger partial charge in [-0.25, -0.2) is 21.6 Å². The van der Waals surface area contributed by atoms with Crippen LogP contribution < -0.4 is 5.32 Å². The van der Waals surface area contributed by atoms with Crippen LogP contribution in [0.1, 0.15) is 28.0 Å². The van der Waals surface area contributed by atoms with Crippen LogP contribution in [-0.2, 0) is 23.3 Å². The molecule has 1 amide bonds. The van der Waals surface area contributed by atoms with E-state index in [1.807, 2.05) is 0 Å². The maximum Gasteiger partial charge on any atom is 0.272 e. The number of benzene rings is 1. The van der Waals surface area contributed by atoms with E-state index in [2.05, 4.69) is 5.32 Å². The molecule has 1 aliphatic rings. The first-order valence-corrected chi connectivity index (χ1v) is 9.74. The molecule has 0 bridgehead atoms. The summed E-state index contributed by atoms with van der Waals surface area (Å²) in [6.07, 6.45) is -1.29. The number of amides is 1. The number of hydrogen-bond acceptors (Lipinski definition) is 4. The van der Waals surface area contributed by atoms with E-state index >= 15 is 0 Å². The minimum absolute atomic E-state index is 0.000229. The fourth-order valence-electron chi connectivity index (χ4n) is 3.16. The zero-order chi connectivity index (χ0) is 19.9. The third-order valence-corrected chi connectivity index (χ3v) is 6.22. The molecule has 3 rings (SSSR count). The van der Waals surface area contributed by atoms with Gasteiger partial charge < -0.3 is 9.88 Å². The van der Waals surface area contributed by atoms with Gasteiger partial charge in [0.1, 0.15) is 17.4 Å². The summed E-state index contributed by atoms with van der Waals surface area (Å²) in [5, 5.41) is 2.45. The number of carbonyl (C=O) groups is 1. The molecule has 0 saturated carbocycles. The van der Waals surface area contributed by atoms with E-state index in [4.69, 9.17) is 0 Å². The number of nitrogens with one attached hydrogen (secondary N) is 1. The summed E-state index contributed by atoms with van der Waals surface area (Å²) in [5.41, 5.74) is -0.301. The van der Waals surface area contributed by atoms with E-state index in [1.54, 1.807) is 11.9 Å². The fraction of sp³-hybridized carbons (Fsp3) is 0.353. The lowest BCUT2D eigenvalue weighted by molar-refractivity contribution is 0.101. The second kappa shape index (κ2) is 7.01. The lowest BCUT2D eigenvalue weighted by atomic mass is 10.1. The normalized spacial score (nSPS) is 16.8. The number of fused-ring (bicyclic) bond motifs is 1. The zero-order valence-electron chi connectivity index (χ0n) is 14.7. The van der Waals surface area contributed by atoms with Gasteiger partial charge >= 0.3 is 0 Å². The molecule has 0 fully saturated rings. The molecule has 146 valence electrons. The van der Waals surface area contributed by atoms with Gasteiger partial charge in [0.2, 0.25) is 0 Å². The monoisotopic (exact) mass is 401 g/mol. The largest absolute Gasteiger partial charge is 0.345 e. The number of sulfone groups is 1. The molecule has 0 saturated heterocycles. The molecular formula is C17H18F3N3O3S. The zero-order valence-corrected chi connectivity index (χ0v) is 15.5. The first kappa shape index (κ1) is 19.4. The van der Waals surface area contributed by atoms with Crippen molar-refractivity contribution in [2.75, 3.05) is 24.8 Å². The minimum Gasteiger partial charge on any atom is -0.345 e. The van der Waals surface area contributed by atoms with Crippen LogP contribution in [0.25, 0.3) is 0 Å². The van der Waals surface area contributed by atoms with Gasteiger partial charge in [0.15, 0.2) is 9.84 Å². The maximum absolute atomic E-state index is 13.4. The molecule has 2 aromatic rings. The second-order valence-electron chi connectivity index (χ2n) is 6.50. The quantitative estimate of drug-likeness (QED) is 0.858. The SMILES string of the molecule is CN1CCc2c(cn(C)c2C(=O)Nc2ccc(F)c(C(F)F)c2)S(=O)(=O)C1. The molecule has 0 radical (unpaired) electrons. The molecule has 1 aromatic carbocycles. The number of aromatic nitrogens is 1. The number of alkyl halides is 2. The highest BCUT2D eigenvalue weighted by Crippen LogP contribution is 2.29. The van der Waals surface area contributed by atoms with Crippen molar-refractivity contribution in [2.45, 2.75) is 17.7 Å². The Hall–Kier alpha value is -2.33. The Morgan fingerprint density at radius 3 is 2.63 bits per heavy atom. The third kappa shape index (κ3) is 3.72. The lowest BCUT2D eigenvalue weighted by Gasteiger charge is -2.13. The molecular weight excluding hydrogens is 383 g/mol. The van der Waals surface area contributed by atoms with Crippen LogP contribution in [0.15, 0.2) is 29.3 Å². The molecule has 0 unspecified atom stereocenters. The Morgan fingerprint density at radius 1 is 1.26 bits per heavy atom. The van der Waals surface area contributed by atoms with Gasteiger partial charge in [0, 0.05) is 31.0 Å². The van der Waals surface area contributed by atoms with Crippen molar-refractivity contribution in [3.05, 3.63) is 47.0 Å². The van der Waals surface area contributed by atoms with Crippen molar-refractivity contribution in [3.8, 4) is 0 Å². The van der Waals surface area contributed by atoms with Crippen LogP contribution in [-0.4, -0.2) is 43.3 Å². The molecule has 6 nitrogen and oxygen atoms in total. The van der Waals surface area contributed by atoms with E-state index in [1.165, 1.54) is 23.9 Å². The summed E-state index contributed by atoms with van der Waals surface area (Å²) >= 11 is 0. The van der Waals surface area contributed by atoms with Gasteiger partial charge in [0.05, 0.1) is 10.5 Å². The molecule has 0 aliphatic carbocycles. The summed E-state index contributed by atoms with van der Waals surface area (Å²) in [7, 11) is -0.369. The Labute approximate surface area is 154 Å². The minimum atomic E-state index is -3.58. The van der Waals surface area contributed by atoms with Crippen LogP contribution in [0.3, 0.4) is 0 Å². The number of hydrogen-bond donors (Lipinski definition) is 1. The van der Waals surface area contributed by atoms with Crippen molar-refractivity contribution >= 4 is 21.4 Å². The number of carbonyl (C=O) groups excluding carboxylic acids is 1. The lowest BCUT2D eigenvalue weighted by Crippen LogP contribution is -2.25. The Kier molecular flexibility index (Phi) is 5.04. The number of halogens is 3. The van der Waals surface area contributed by atoms with Gasteiger partial charge in [-0.05, 0) is 31.7 Å². The highest BCUT2D eigenvalue weighted by molar-refractivity contribution is 7.91. The van der Waals surface area contributed by atoms with E-state index in [0.717, 1.165) is 12.1 Å². The van der Waals surface area contributed by atoms with E-state index < -0.39 is 33.6 Å². The summed E-state index contributed by atoms with van der Waals surface area (Å²) in [6, 6.07) is 2.89. The first-order valence-electron chi connectivity index (χ1n) is 8.08. The van der Waals surface area contributed by atoms with Crippen LogP contribution in [0.2, 0.25) is 0 Å². The average Bonchev–Trinajstić information content (AvgIpc) is 2.86. The average molecular weight is 401 g/mol. The Morgan fingerprint density at radius 2 is 1.96 bits per heavy atom. The number of nitrogens with zero attached hydrogens (tertiary/aromatic N) is 2. The standard InChI is InChI=1S/C17H18F3N3O3S/c1-22-6-5-11-14(27(25,26)9-22)8-23(2)15(11)17(24)21-10-3-4-13(18)12(7-10)16(19)20/h3-4,7-8,16H,5-6,9H2,1-2H3,(H,21,24). The number of aryl methyl sites for hydroxylation is 1. The molecule has 1 aliphatic heterocycles. The van der Waals surface area contributed by atoms with Crippen molar-refractivity contribution in [1.29, 1.82) is 0 Å². The molecule has 0 atom stereocenters. The molecule has 1 N–H and O–H groups in total. The van der Waals surface area contributed by atoms with Gasteiger partial charge in [-0.15, -0.1) is 0 Å². The van der Waals surface area contributed by atoms with Crippen molar-refractivity contribution in [2.24, 2.45) is 7.05 Å². The van der Waals surface area contributed by atoms with E-state index in [-0.39, 0.29) is 22.2 Å². The van der Waals surface area contributed by atoms with Crippen LogP contribution in [0.5, 0.6) is 0 Å². The summed E-state index contributed by atoms with van der Waals surface area (Å²) < 4.78 is 65.5. The van der Waals surface area contributed by atoms with Crippen LogP contribution in [0.4, 0.5) is 18.9 Å². The summed E-state index contributed by atoms with van der Waals surface area (Å²) in [5.74, 6) is -1.86. The second-order valence-corrected chi connectivity index (χ2v) is 8.42. The predicted octanol–water partition coefficient (Wildman–Crippen LogP) is 2.57. The van der Waals surface area contributed by atoms with Crippen molar-refractivity contribution < 1.29 is 26.4 Å². The van der Waals surface area contributed by atoms with Crippen molar-refractivity contribution in [1.82, 2.24) is 9.47 Å². The Balaban J connectivity index is 1.98. The molecule has 27 heavy (non-hydrogen) atoms. The molecule has 10 heteroatoms. The smallest absolute Gasteiger partial charge is 0.272 e. The first-order chi connectivity index (χ1) is 12.6. The van der Waals surface area contributed by atoms with E-state index in [0.29, 0.717) is 18.5 Å². The molecule has 2 heterocycles. The summed E-state index contributed by atoms with van der Waals surface area (Å²) in [6.45, 7) is 0.447. The number of likely N-dealkylation sites (N-methyl/N-ethyl adjacent to an activating group) is 1. The van der Waals surface area contributed by atoms with Gasteiger partial charge in [0.25, 0.3) is 12.3 Å². The van der Waals surface area contributed by atoms with Crippen molar-refractivity contribution in [3.63, 3.8) is 0 Å². The van der Waals surface area contributed by atoms with Gasteiger partial charge in [-0.1, -0.05) is 0 Å². The third-order valence-electron chi connectivity index (χ3n) is 4.42.